The lowest BCUT2D eigenvalue weighted by Crippen LogP contribution is -2.37. The van der Waals surface area contributed by atoms with Crippen molar-refractivity contribution in [1.82, 2.24) is 15.2 Å². The predicted molar refractivity (Wildman–Crippen MR) is 84.8 cm³/mol. The van der Waals surface area contributed by atoms with Crippen LogP contribution in [0.3, 0.4) is 0 Å². The van der Waals surface area contributed by atoms with Gasteiger partial charge in [-0.25, -0.2) is 0 Å². The third-order valence-corrected chi connectivity index (χ3v) is 4.73. The first-order valence-electron chi connectivity index (χ1n) is 6.50. The highest BCUT2D eigenvalue weighted by molar-refractivity contribution is 7.99. The first-order valence-corrected chi connectivity index (χ1v) is 7.86. The van der Waals surface area contributed by atoms with Gasteiger partial charge in [0.25, 0.3) is 0 Å². The van der Waals surface area contributed by atoms with Gasteiger partial charge in [-0.15, -0.1) is 11.8 Å². The van der Waals surface area contributed by atoms with Gasteiger partial charge in [-0.2, -0.15) is 5.10 Å². The number of halogens is 1. The second-order valence-electron chi connectivity index (χ2n) is 4.67. The molecule has 1 atom stereocenters. The number of nitrogens with two attached hydrogens (primary N) is 1. The molecule has 0 fully saturated rings. The average Bonchev–Trinajstić information content (AvgIpc) is 2.86. The van der Waals surface area contributed by atoms with Crippen LogP contribution in [-0.2, 0) is 13.5 Å². The van der Waals surface area contributed by atoms with E-state index < -0.39 is 0 Å². The van der Waals surface area contributed by atoms with Crippen LogP contribution < -0.4 is 11.3 Å². The van der Waals surface area contributed by atoms with Crippen LogP contribution in [0, 0.1) is 0 Å². The SMILES string of the molecule is Cn1cc(CCC(CSc2ccccc2Cl)NN)cn1. The normalized spacial score (nSPS) is 12.6. The molecule has 0 aliphatic rings. The Morgan fingerprint density at radius 2 is 2.25 bits per heavy atom. The largest absolute Gasteiger partial charge is 0.276 e. The maximum absolute atomic E-state index is 6.14. The number of thioether (sulfide) groups is 1. The van der Waals surface area contributed by atoms with Crippen molar-refractivity contribution in [2.24, 2.45) is 12.9 Å². The molecule has 0 radical (unpaired) electrons. The van der Waals surface area contributed by atoms with E-state index in [1.165, 1.54) is 5.56 Å². The molecule has 1 aromatic carbocycles. The minimum atomic E-state index is 0.247. The van der Waals surface area contributed by atoms with Gasteiger partial charge < -0.3 is 0 Å². The van der Waals surface area contributed by atoms with Gasteiger partial charge in [0.1, 0.15) is 0 Å². The Hall–Kier alpha value is -1.01. The zero-order valence-corrected chi connectivity index (χ0v) is 13.0. The van der Waals surface area contributed by atoms with Crippen LogP contribution >= 0.6 is 23.4 Å². The Balaban J connectivity index is 1.82. The fourth-order valence-electron chi connectivity index (χ4n) is 1.91. The Morgan fingerprint density at radius 1 is 1.45 bits per heavy atom. The fraction of sp³-hybridized carbons (Fsp3) is 0.357. The highest BCUT2D eigenvalue weighted by Gasteiger charge is 2.09. The zero-order valence-electron chi connectivity index (χ0n) is 11.4. The summed E-state index contributed by atoms with van der Waals surface area (Å²) in [5, 5.41) is 4.96. The maximum Gasteiger partial charge on any atom is 0.0541 e. The number of hydrogen-bond donors (Lipinski definition) is 2. The van der Waals surface area contributed by atoms with Gasteiger partial charge in [-0.1, -0.05) is 23.7 Å². The van der Waals surface area contributed by atoms with Crippen molar-refractivity contribution in [3.05, 3.63) is 47.2 Å². The lowest BCUT2D eigenvalue weighted by molar-refractivity contribution is 0.539. The minimum Gasteiger partial charge on any atom is -0.276 e. The Kier molecular flexibility index (Phi) is 5.91. The summed E-state index contributed by atoms with van der Waals surface area (Å²) in [7, 11) is 1.93. The predicted octanol–water partition coefficient (Wildman–Crippen LogP) is 2.63. The van der Waals surface area contributed by atoms with E-state index in [2.05, 4.69) is 10.5 Å². The molecule has 0 saturated heterocycles. The zero-order chi connectivity index (χ0) is 14.4. The quantitative estimate of drug-likeness (QED) is 0.469. The molecule has 6 heteroatoms. The Morgan fingerprint density at radius 3 is 2.90 bits per heavy atom. The van der Waals surface area contributed by atoms with E-state index in [4.69, 9.17) is 17.4 Å². The number of benzene rings is 1. The molecular formula is C14H19ClN4S. The van der Waals surface area contributed by atoms with Crippen LogP contribution in [0.15, 0.2) is 41.6 Å². The summed E-state index contributed by atoms with van der Waals surface area (Å²) in [5.41, 5.74) is 4.11. The van der Waals surface area contributed by atoms with Crippen molar-refractivity contribution >= 4 is 23.4 Å². The molecule has 2 aromatic rings. The molecule has 20 heavy (non-hydrogen) atoms. The smallest absolute Gasteiger partial charge is 0.0541 e. The van der Waals surface area contributed by atoms with Crippen molar-refractivity contribution in [1.29, 1.82) is 0 Å². The number of rotatable bonds is 7. The summed E-state index contributed by atoms with van der Waals surface area (Å²) in [6.45, 7) is 0. The number of aromatic nitrogens is 2. The molecule has 108 valence electrons. The van der Waals surface area contributed by atoms with Gasteiger partial charge >= 0.3 is 0 Å². The highest BCUT2D eigenvalue weighted by atomic mass is 35.5. The minimum absolute atomic E-state index is 0.247. The van der Waals surface area contributed by atoms with Gasteiger partial charge in [0.15, 0.2) is 0 Å². The molecule has 0 saturated carbocycles. The van der Waals surface area contributed by atoms with Crippen molar-refractivity contribution in [2.75, 3.05) is 5.75 Å². The van der Waals surface area contributed by atoms with E-state index in [-0.39, 0.29) is 6.04 Å². The summed E-state index contributed by atoms with van der Waals surface area (Å²) >= 11 is 7.87. The number of hydrogen-bond acceptors (Lipinski definition) is 4. The van der Waals surface area contributed by atoms with E-state index >= 15 is 0 Å². The van der Waals surface area contributed by atoms with Gasteiger partial charge in [0.05, 0.1) is 11.2 Å². The lowest BCUT2D eigenvalue weighted by Gasteiger charge is -2.15. The van der Waals surface area contributed by atoms with E-state index in [0.29, 0.717) is 0 Å². The topological polar surface area (TPSA) is 55.9 Å². The van der Waals surface area contributed by atoms with Crippen LogP contribution in [0.2, 0.25) is 5.02 Å². The molecule has 2 rings (SSSR count). The molecule has 1 heterocycles. The molecule has 0 bridgehead atoms. The van der Waals surface area contributed by atoms with E-state index in [1.54, 1.807) is 11.8 Å². The van der Waals surface area contributed by atoms with Crippen molar-refractivity contribution in [2.45, 2.75) is 23.8 Å². The van der Waals surface area contributed by atoms with Crippen LogP contribution in [0.4, 0.5) is 0 Å². The molecule has 3 N–H and O–H groups in total. The number of hydrazine groups is 1. The molecular weight excluding hydrogens is 292 g/mol. The van der Waals surface area contributed by atoms with E-state index in [0.717, 1.165) is 28.5 Å². The standard InChI is InChI=1S/C14H19ClN4S/c1-19-9-11(8-17-19)6-7-12(18-16)10-20-14-5-3-2-4-13(14)15/h2-5,8-9,12,18H,6-7,10,16H2,1H3. The number of aryl methyl sites for hydroxylation is 2. The molecule has 0 spiro atoms. The third-order valence-electron chi connectivity index (χ3n) is 3.05. The summed E-state index contributed by atoms with van der Waals surface area (Å²) in [6.07, 6.45) is 5.87. The first kappa shape index (κ1) is 15.4. The highest BCUT2D eigenvalue weighted by Crippen LogP contribution is 2.27. The van der Waals surface area contributed by atoms with E-state index in [1.807, 2.05) is 48.4 Å². The summed E-state index contributed by atoms with van der Waals surface area (Å²) in [6, 6.07) is 8.12. The molecule has 1 aromatic heterocycles. The van der Waals surface area contributed by atoms with Gasteiger partial charge in [-0.3, -0.25) is 16.0 Å². The van der Waals surface area contributed by atoms with Crippen LogP contribution in [-0.4, -0.2) is 21.6 Å². The Labute approximate surface area is 128 Å². The van der Waals surface area contributed by atoms with Crippen molar-refractivity contribution < 1.29 is 0 Å². The van der Waals surface area contributed by atoms with Crippen LogP contribution in [0.1, 0.15) is 12.0 Å². The second kappa shape index (κ2) is 7.69. The lowest BCUT2D eigenvalue weighted by atomic mass is 10.1. The van der Waals surface area contributed by atoms with Crippen LogP contribution in [0.5, 0.6) is 0 Å². The fourth-order valence-corrected chi connectivity index (χ4v) is 3.23. The van der Waals surface area contributed by atoms with E-state index in [9.17, 15) is 0 Å². The third kappa shape index (κ3) is 4.52. The molecule has 0 aliphatic carbocycles. The van der Waals surface area contributed by atoms with Gasteiger partial charge in [0.2, 0.25) is 0 Å². The van der Waals surface area contributed by atoms with Crippen LogP contribution in [0.25, 0.3) is 0 Å². The number of nitrogens with zero attached hydrogens (tertiary/aromatic N) is 2. The summed E-state index contributed by atoms with van der Waals surface area (Å²) in [5.74, 6) is 6.52. The summed E-state index contributed by atoms with van der Waals surface area (Å²) in [4.78, 5) is 1.09. The monoisotopic (exact) mass is 310 g/mol. The summed E-state index contributed by atoms with van der Waals surface area (Å²) < 4.78 is 1.82. The molecule has 0 aliphatic heterocycles. The molecule has 0 amide bonds. The first-order chi connectivity index (χ1) is 9.69. The maximum atomic E-state index is 6.14. The van der Waals surface area contributed by atoms with Gasteiger partial charge in [-0.05, 0) is 30.5 Å². The molecule has 4 nitrogen and oxygen atoms in total. The Bertz CT molecular complexity index is 543. The van der Waals surface area contributed by atoms with Gasteiger partial charge in [0, 0.05) is 29.9 Å². The van der Waals surface area contributed by atoms with Crippen molar-refractivity contribution in [3.63, 3.8) is 0 Å². The number of nitrogens with one attached hydrogen (secondary N) is 1. The second-order valence-corrected chi connectivity index (χ2v) is 6.13. The molecule has 1 unspecified atom stereocenters. The average molecular weight is 311 g/mol. The van der Waals surface area contributed by atoms with Crippen molar-refractivity contribution in [3.8, 4) is 0 Å².